The van der Waals surface area contributed by atoms with Crippen LogP contribution >= 0.6 is 0 Å². The summed E-state index contributed by atoms with van der Waals surface area (Å²) in [5, 5.41) is 2.88. The van der Waals surface area contributed by atoms with E-state index in [1.807, 2.05) is 20.8 Å². The van der Waals surface area contributed by atoms with Crippen molar-refractivity contribution < 1.29 is 6.22 Å². The topological polar surface area (TPSA) is 29.1 Å². The smallest absolute Gasteiger partial charge is 0.223 e. The first-order valence-corrected chi connectivity index (χ1v) is 4.25. The predicted octanol–water partition coefficient (Wildman–Crippen LogP) is 2.05. The summed E-state index contributed by atoms with van der Waals surface area (Å²) < 4.78 is 0. The minimum absolute atomic E-state index is 0. The fourth-order valence-corrected chi connectivity index (χ4v) is 0.719. The monoisotopic (exact) mass is 159 g/mol. The molecular formula is C9H21NO. The molecule has 0 aromatic rings. The maximum atomic E-state index is 11.3. The van der Waals surface area contributed by atoms with Gasteiger partial charge in [-0.05, 0) is 19.8 Å². The summed E-state index contributed by atoms with van der Waals surface area (Å²) in [7, 11) is 0. The fraction of sp³-hybridized carbons (Fsp3) is 0.889. The van der Waals surface area contributed by atoms with Gasteiger partial charge in [0.15, 0.2) is 0 Å². The van der Waals surface area contributed by atoms with Crippen LogP contribution in [0.3, 0.4) is 0 Å². The van der Waals surface area contributed by atoms with Gasteiger partial charge in [-0.25, -0.2) is 0 Å². The van der Waals surface area contributed by atoms with Crippen LogP contribution < -0.4 is 5.32 Å². The van der Waals surface area contributed by atoms with E-state index in [0.29, 0.717) is 5.92 Å². The molecule has 1 unspecified atom stereocenters. The minimum atomic E-state index is 0. The normalized spacial score (nSPS) is 13.7. The number of rotatable bonds is 3. The average Bonchev–Trinajstić information content (AvgIpc) is 1.84. The highest BCUT2D eigenvalue weighted by Gasteiger charge is 2.16. The summed E-state index contributed by atoms with van der Waals surface area (Å²) in [6.45, 7) is 10.0. The number of hydrogen-bond acceptors (Lipinski definition) is 1. The van der Waals surface area contributed by atoms with Crippen molar-refractivity contribution in [1.29, 1.82) is 0 Å². The van der Waals surface area contributed by atoms with Gasteiger partial charge < -0.3 is 5.32 Å². The van der Waals surface area contributed by atoms with E-state index in [0.717, 1.165) is 0 Å². The first-order chi connectivity index (χ1) is 4.95. The maximum absolute atomic E-state index is 11.3. The predicted molar refractivity (Wildman–Crippen MR) is 49.4 cm³/mol. The number of carbonyl (C=O) groups is 1. The second-order valence-electron chi connectivity index (χ2n) is 3.70. The van der Waals surface area contributed by atoms with Gasteiger partial charge in [-0.3, -0.25) is 4.79 Å². The highest BCUT2D eigenvalue weighted by atomic mass is 16.1. The Hall–Kier alpha value is -0.530. The minimum Gasteiger partial charge on any atom is -0.354 e. The summed E-state index contributed by atoms with van der Waals surface area (Å²) in [4.78, 5) is 11.3. The number of hydrogen-bond donors (Lipinski definition) is 1. The van der Waals surface area contributed by atoms with Gasteiger partial charge in [-0.2, -0.15) is 0 Å². The molecule has 0 bridgehead atoms. The van der Waals surface area contributed by atoms with Crippen LogP contribution in [0.1, 0.15) is 36.0 Å². The van der Waals surface area contributed by atoms with Gasteiger partial charge in [0.1, 0.15) is 0 Å². The fourth-order valence-electron chi connectivity index (χ4n) is 0.719. The molecule has 0 aromatic carbocycles. The van der Waals surface area contributed by atoms with Gasteiger partial charge in [0.2, 0.25) is 5.91 Å². The average molecular weight is 159 g/mol. The Morgan fingerprint density at radius 3 is 1.91 bits per heavy atom. The third-order valence-corrected chi connectivity index (χ3v) is 1.84. The third kappa shape index (κ3) is 4.02. The molecule has 0 radical (unpaired) electrons. The molecule has 0 heterocycles. The van der Waals surface area contributed by atoms with Gasteiger partial charge in [0.25, 0.3) is 0 Å². The van der Waals surface area contributed by atoms with Crippen LogP contribution in [0.4, 0.5) is 0 Å². The summed E-state index contributed by atoms with van der Waals surface area (Å²) in [6.07, 6.45) is 0. The van der Waals surface area contributed by atoms with E-state index in [2.05, 4.69) is 19.2 Å². The van der Waals surface area contributed by atoms with E-state index in [4.69, 9.17) is 0 Å². The van der Waals surface area contributed by atoms with E-state index >= 15 is 0 Å². The first kappa shape index (κ1) is 10.5. The van der Waals surface area contributed by atoms with Crippen LogP contribution in [0.25, 0.3) is 0 Å². The molecule has 1 N–H and O–H groups in total. The zero-order valence-electron chi connectivity index (χ0n) is 8.14. The summed E-state index contributed by atoms with van der Waals surface area (Å²) in [6, 6.07) is 0.253. The molecule has 1 amide bonds. The van der Waals surface area contributed by atoms with Crippen LogP contribution in [0, 0.1) is 11.8 Å². The molecular weight excluding hydrogens is 138 g/mol. The summed E-state index contributed by atoms with van der Waals surface area (Å²) in [5.41, 5.74) is 0. The highest BCUT2D eigenvalue weighted by Crippen LogP contribution is 2.09. The molecule has 0 aromatic heterocycles. The van der Waals surface area contributed by atoms with E-state index in [-0.39, 0.29) is 19.3 Å². The van der Waals surface area contributed by atoms with Crippen LogP contribution in [0.2, 0.25) is 0 Å². The Balaban J connectivity index is 0. The Morgan fingerprint density at radius 2 is 1.64 bits per heavy atom. The largest absolute Gasteiger partial charge is 0.354 e. The molecule has 0 saturated heterocycles. The molecule has 1 atom stereocenters. The molecule has 11 heavy (non-hydrogen) atoms. The van der Waals surface area contributed by atoms with Crippen LogP contribution in [0.5, 0.6) is 0 Å². The van der Waals surface area contributed by atoms with E-state index < -0.39 is 0 Å². The second-order valence-corrected chi connectivity index (χ2v) is 3.70. The van der Waals surface area contributed by atoms with Gasteiger partial charge >= 0.3 is 0 Å². The zero-order chi connectivity index (χ0) is 9.02. The van der Waals surface area contributed by atoms with Crippen molar-refractivity contribution in [2.75, 3.05) is 0 Å². The lowest BCUT2D eigenvalue weighted by molar-refractivity contribution is -0.126. The van der Waals surface area contributed by atoms with Gasteiger partial charge in [0, 0.05) is 13.4 Å². The van der Waals surface area contributed by atoms with Crippen molar-refractivity contribution in [3.8, 4) is 0 Å². The lowest BCUT2D eigenvalue weighted by atomic mass is 9.97. The second kappa shape index (κ2) is 4.37. The Bertz CT molecular complexity index is 134. The third-order valence-electron chi connectivity index (χ3n) is 1.84. The quantitative estimate of drug-likeness (QED) is 0.671. The van der Waals surface area contributed by atoms with Crippen LogP contribution in [-0.2, 0) is 4.79 Å². The molecule has 0 aliphatic rings. The molecule has 2 heteroatoms. The molecule has 0 spiro atoms. The van der Waals surface area contributed by atoms with Crippen molar-refractivity contribution in [2.45, 2.75) is 40.7 Å². The highest BCUT2D eigenvalue weighted by molar-refractivity contribution is 5.78. The number of carbonyl (C=O) groups excluding carboxylic acids is 1. The summed E-state index contributed by atoms with van der Waals surface area (Å²) >= 11 is 0. The number of amides is 1. The van der Waals surface area contributed by atoms with Gasteiger partial charge in [-0.1, -0.05) is 20.8 Å². The molecule has 0 aliphatic carbocycles. The van der Waals surface area contributed by atoms with Crippen molar-refractivity contribution in [1.82, 2.24) is 5.32 Å². The molecule has 68 valence electrons. The molecule has 0 aliphatic heterocycles. The van der Waals surface area contributed by atoms with E-state index in [1.165, 1.54) is 0 Å². The Kier molecular flexibility index (Phi) is 4.16. The van der Waals surface area contributed by atoms with Crippen molar-refractivity contribution in [3.63, 3.8) is 0 Å². The number of nitrogens with one attached hydrogen (secondary N) is 1. The van der Waals surface area contributed by atoms with Crippen LogP contribution in [-0.4, -0.2) is 11.9 Å². The van der Waals surface area contributed by atoms with Gasteiger partial charge in [-0.15, -0.1) is 0 Å². The molecule has 2 nitrogen and oxygen atoms in total. The Labute approximate surface area is 70.9 Å². The molecule has 0 fully saturated rings. The van der Waals surface area contributed by atoms with E-state index in [1.54, 1.807) is 0 Å². The molecule has 0 saturated carbocycles. The molecule has 0 rings (SSSR count). The van der Waals surface area contributed by atoms with E-state index in [9.17, 15) is 4.79 Å². The van der Waals surface area contributed by atoms with Crippen molar-refractivity contribution in [3.05, 3.63) is 0 Å². The Morgan fingerprint density at radius 1 is 1.18 bits per heavy atom. The lowest BCUT2D eigenvalue weighted by Crippen LogP contribution is -2.36. The first-order valence-electron chi connectivity index (χ1n) is 4.25. The van der Waals surface area contributed by atoms with Crippen LogP contribution in [0.15, 0.2) is 0 Å². The van der Waals surface area contributed by atoms with Crippen molar-refractivity contribution in [2.24, 2.45) is 11.8 Å². The van der Waals surface area contributed by atoms with Gasteiger partial charge in [0.05, 0.1) is 0 Å². The maximum Gasteiger partial charge on any atom is 0.223 e. The standard InChI is InChI=1S/C9H19NO.H2/c1-6(2)8(5)9(11)10-7(3)4;/h6-8H,1-5H3,(H,10,11);1H. The zero-order valence-corrected chi connectivity index (χ0v) is 8.14. The lowest BCUT2D eigenvalue weighted by Gasteiger charge is -2.16. The van der Waals surface area contributed by atoms with Crippen molar-refractivity contribution >= 4 is 5.91 Å². The SMILES string of the molecule is CC(C)NC(=O)C(C)C(C)C.[HH]. The summed E-state index contributed by atoms with van der Waals surface area (Å²) in [5.74, 6) is 0.709.